The molecule has 1 aromatic rings. The highest BCUT2D eigenvalue weighted by molar-refractivity contribution is 5.94. The molecule has 0 bridgehead atoms. The summed E-state index contributed by atoms with van der Waals surface area (Å²) in [6, 6.07) is 6.23. The molecular weight excluding hydrogens is 352 g/mol. The van der Waals surface area contributed by atoms with E-state index in [2.05, 4.69) is 5.32 Å². The SMILES string of the molecule is COc1cccc(C2C=CC(OC)(C(=O)N[C@H](C(=O)NO)[C@@H](C)O)C=C2)c1. The Kier molecular flexibility index (Phi) is 6.73. The van der Waals surface area contributed by atoms with E-state index in [1.54, 1.807) is 31.4 Å². The number of nitrogens with one attached hydrogen (secondary N) is 2. The van der Waals surface area contributed by atoms with Gasteiger partial charge in [0.1, 0.15) is 11.8 Å². The van der Waals surface area contributed by atoms with Gasteiger partial charge in [0.15, 0.2) is 5.60 Å². The van der Waals surface area contributed by atoms with E-state index in [1.807, 2.05) is 24.3 Å². The van der Waals surface area contributed by atoms with E-state index >= 15 is 0 Å². The molecule has 2 atom stereocenters. The van der Waals surface area contributed by atoms with Crippen molar-refractivity contribution in [3.63, 3.8) is 0 Å². The van der Waals surface area contributed by atoms with E-state index in [0.29, 0.717) is 0 Å². The van der Waals surface area contributed by atoms with Crippen LogP contribution in [0.5, 0.6) is 5.75 Å². The summed E-state index contributed by atoms with van der Waals surface area (Å²) >= 11 is 0. The zero-order chi connectivity index (χ0) is 20.0. The maximum atomic E-state index is 12.7. The van der Waals surface area contributed by atoms with E-state index in [1.165, 1.54) is 19.5 Å². The van der Waals surface area contributed by atoms with Gasteiger partial charge >= 0.3 is 0 Å². The molecule has 0 aromatic heterocycles. The van der Waals surface area contributed by atoms with Crippen LogP contribution in [0.3, 0.4) is 0 Å². The highest BCUT2D eigenvalue weighted by Gasteiger charge is 2.38. The van der Waals surface area contributed by atoms with Gasteiger partial charge in [-0.2, -0.15) is 0 Å². The van der Waals surface area contributed by atoms with Crippen LogP contribution in [-0.4, -0.2) is 54.1 Å². The van der Waals surface area contributed by atoms with Crippen LogP contribution in [0.1, 0.15) is 18.4 Å². The molecule has 0 radical (unpaired) electrons. The van der Waals surface area contributed by atoms with Crippen LogP contribution in [0.25, 0.3) is 0 Å². The van der Waals surface area contributed by atoms with E-state index < -0.39 is 29.6 Å². The number of benzene rings is 1. The molecule has 8 heteroatoms. The summed E-state index contributed by atoms with van der Waals surface area (Å²) in [6.07, 6.45) is 5.57. The average Bonchev–Trinajstić information content (AvgIpc) is 2.71. The monoisotopic (exact) mass is 376 g/mol. The molecule has 0 fully saturated rings. The number of aliphatic hydroxyl groups is 1. The van der Waals surface area contributed by atoms with Gasteiger partial charge in [0, 0.05) is 13.0 Å². The number of ether oxygens (including phenoxy) is 2. The second kappa shape index (κ2) is 8.81. The topological polar surface area (TPSA) is 117 Å². The zero-order valence-electron chi connectivity index (χ0n) is 15.4. The van der Waals surface area contributed by atoms with Gasteiger partial charge in [0.25, 0.3) is 11.8 Å². The predicted octanol–water partition coefficient (Wildman–Crippen LogP) is 0.661. The molecule has 0 saturated heterocycles. The molecule has 0 heterocycles. The Labute approximate surface area is 157 Å². The Morgan fingerprint density at radius 3 is 2.41 bits per heavy atom. The van der Waals surface area contributed by atoms with Crippen LogP contribution in [-0.2, 0) is 14.3 Å². The van der Waals surface area contributed by atoms with Crippen molar-refractivity contribution in [3.05, 3.63) is 54.1 Å². The smallest absolute Gasteiger partial charge is 0.268 e. The number of aliphatic hydroxyl groups excluding tert-OH is 1. The van der Waals surface area contributed by atoms with Gasteiger partial charge in [-0.05, 0) is 36.8 Å². The molecule has 0 unspecified atom stereocenters. The lowest BCUT2D eigenvalue weighted by Crippen LogP contribution is -2.57. The third-order valence-corrected chi connectivity index (χ3v) is 4.44. The van der Waals surface area contributed by atoms with Crippen LogP contribution in [0.4, 0.5) is 0 Å². The molecule has 0 spiro atoms. The van der Waals surface area contributed by atoms with Crippen molar-refractivity contribution in [1.82, 2.24) is 10.8 Å². The number of amides is 2. The van der Waals surface area contributed by atoms with E-state index in [-0.39, 0.29) is 5.92 Å². The van der Waals surface area contributed by atoms with E-state index in [4.69, 9.17) is 14.7 Å². The second-order valence-electron chi connectivity index (χ2n) is 6.19. The summed E-state index contributed by atoms with van der Waals surface area (Å²) in [5, 5.41) is 20.8. The Morgan fingerprint density at radius 2 is 1.89 bits per heavy atom. The fourth-order valence-electron chi connectivity index (χ4n) is 2.79. The number of rotatable bonds is 7. The Morgan fingerprint density at radius 1 is 1.22 bits per heavy atom. The van der Waals surface area contributed by atoms with Crippen molar-refractivity contribution in [3.8, 4) is 5.75 Å². The van der Waals surface area contributed by atoms with Crippen molar-refractivity contribution < 1.29 is 29.4 Å². The van der Waals surface area contributed by atoms with Crippen molar-refractivity contribution in [2.45, 2.75) is 30.6 Å². The van der Waals surface area contributed by atoms with Gasteiger partial charge in [0.2, 0.25) is 0 Å². The summed E-state index contributed by atoms with van der Waals surface area (Å²) in [7, 11) is 2.96. The number of hydroxylamine groups is 1. The average molecular weight is 376 g/mol. The standard InChI is InChI=1S/C19H24N2O6/c1-12(22)16(17(23)21-25)20-18(24)19(27-3)9-7-13(8-10-19)14-5-4-6-15(11-14)26-2/h4-13,16,22,25H,1-3H3,(H,20,24)(H,21,23)/t12-,13?,16+,19?/m1/s1. The van der Waals surface area contributed by atoms with E-state index in [0.717, 1.165) is 11.3 Å². The predicted molar refractivity (Wildman–Crippen MR) is 97.3 cm³/mol. The first-order valence-electron chi connectivity index (χ1n) is 8.37. The molecule has 146 valence electrons. The molecule has 2 rings (SSSR count). The zero-order valence-corrected chi connectivity index (χ0v) is 15.4. The van der Waals surface area contributed by atoms with Gasteiger partial charge in [-0.1, -0.05) is 24.3 Å². The first kappa shape index (κ1) is 20.6. The van der Waals surface area contributed by atoms with Crippen LogP contribution < -0.4 is 15.5 Å². The molecule has 2 amide bonds. The summed E-state index contributed by atoms with van der Waals surface area (Å²) in [6.45, 7) is 1.32. The third kappa shape index (κ3) is 4.54. The lowest BCUT2D eigenvalue weighted by atomic mass is 9.87. The first-order chi connectivity index (χ1) is 12.9. The molecule has 8 nitrogen and oxygen atoms in total. The molecule has 1 aliphatic carbocycles. The second-order valence-corrected chi connectivity index (χ2v) is 6.19. The highest BCUT2D eigenvalue weighted by Crippen LogP contribution is 2.30. The van der Waals surface area contributed by atoms with Crippen molar-refractivity contribution in [2.24, 2.45) is 0 Å². The summed E-state index contributed by atoms with van der Waals surface area (Å²) in [4.78, 5) is 24.3. The number of carbonyl (C=O) groups is 2. The van der Waals surface area contributed by atoms with Gasteiger partial charge in [-0.15, -0.1) is 0 Å². The van der Waals surface area contributed by atoms with Crippen LogP contribution in [0, 0.1) is 0 Å². The van der Waals surface area contributed by atoms with Gasteiger partial charge in [-0.3, -0.25) is 14.8 Å². The Hall–Kier alpha value is -2.68. The minimum atomic E-state index is -1.43. The molecule has 1 aliphatic rings. The molecule has 0 saturated carbocycles. The van der Waals surface area contributed by atoms with Crippen LogP contribution >= 0.6 is 0 Å². The lowest BCUT2D eigenvalue weighted by molar-refractivity contribution is -0.142. The molecular formula is C19H24N2O6. The quantitative estimate of drug-likeness (QED) is 0.316. The van der Waals surface area contributed by atoms with Crippen molar-refractivity contribution in [1.29, 1.82) is 0 Å². The van der Waals surface area contributed by atoms with Gasteiger partial charge < -0.3 is 19.9 Å². The van der Waals surface area contributed by atoms with Gasteiger partial charge in [-0.25, -0.2) is 5.48 Å². The highest BCUT2D eigenvalue weighted by atomic mass is 16.5. The van der Waals surface area contributed by atoms with E-state index in [9.17, 15) is 14.7 Å². The normalized spacial score (nSPS) is 23.4. The van der Waals surface area contributed by atoms with Crippen molar-refractivity contribution in [2.75, 3.05) is 14.2 Å². The fourth-order valence-corrected chi connectivity index (χ4v) is 2.79. The molecule has 1 aromatic carbocycles. The first-order valence-corrected chi connectivity index (χ1v) is 8.37. The van der Waals surface area contributed by atoms with Crippen LogP contribution in [0.15, 0.2) is 48.6 Å². The summed E-state index contributed by atoms with van der Waals surface area (Å²) < 4.78 is 10.6. The van der Waals surface area contributed by atoms with Gasteiger partial charge in [0.05, 0.1) is 13.2 Å². The number of carbonyl (C=O) groups excluding carboxylic acids is 2. The minimum absolute atomic E-state index is 0.0792. The van der Waals surface area contributed by atoms with Crippen molar-refractivity contribution >= 4 is 11.8 Å². The molecule has 27 heavy (non-hydrogen) atoms. The largest absolute Gasteiger partial charge is 0.497 e. The maximum Gasteiger partial charge on any atom is 0.268 e. The number of methoxy groups -OCH3 is 2. The fraction of sp³-hybridized carbons (Fsp3) is 0.368. The summed E-state index contributed by atoms with van der Waals surface area (Å²) in [5.41, 5.74) is 0.970. The number of allylic oxidation sites excluding steroid dienone is 2. The summed E-state index contributed by atoms with van der Waals surface area (Å²) in [5.74, 6) is -0.923. The Bertz CT molecular complexity index is 729. The molecule has 4 N–H and O–H groups in total. The van der Waals surface area contributed by atoms with Crippen LogP contribution in [0.2, 0.25) is 0 Å². The minimum Gasteiger partial charge on any atom is -0.497 e. The maximum absolute atomic E-state index is 12.7. The third-order valence-electron chi connectivity index (χ3n) is 4.44. The lowest BCUT2D eigenvalue weighted by Gasteiger charge is -2.31. The number of hydrogen-bond acceptors (Lipinski definition) is 6. The Balaban J connectivity index is 2.19. The molecule has 0 aliphatic heterocycles. The number of hydrogen-bond donors (Lipinski definition) is 4.